The Morgan fingerprint density at radius 1 is 1.21 bits per heavy atom. The van der Waals surface area contributed by atoms with Gasteiger partial charge in [-0.2, -0.15) is 11.8 Å². The van der Waals surface area contributed by atoms with Crippen molar-refractivity contribution < 1.29 is 9.59 Å². The number of rotatable bonds is 4. The number of anilines is 1. The topological polar surface area (TPSA) is 84.3 Å². The van der Waals surface area contributed by atoms with Gasteiger partial charge in [-0.05, 0) is 42.9 Å². The smallest absolute Gasteiger partial charge is 0.274 e. The molecule has 2 aliphatic rings. The first-order chi connectivity index (χ1) is 13.6. The molecule has 2 aromatic rings. The molecule has 0 radical (unpaired) electrons. The number of carbonyl (C=O) groups excluding carboxylic acids is 2. The van der Waals surface area contributed by atoms with Gasteiger partial charge in [0.1, 0.15) is 11.4 Å². The fraction of sp³-hybridized carbons (Fsp3) is 0.400. The van der Waals surface area contributed by atoms with Crippen molar-refractivity contribution in [2.45, 2.75) is 18.9 Å². The van der Waals surface area contributed by atoms with Gasteiger partial charge in [0.05, 0.1) is 5.75 Å². The third-order valence-corrected chi connectivity index (χ3v) is 5.88. The number of carbonyl (C=O) groups is 2. The van der Waals surface area contributed by atoms with Gasteiger partial charge in [-0.15, -0.1) is 0 Å². The van der Waals surface area contributed by atoms with Crippen molar-refractivity contribution in [3.63, 3.8) is 0 Å². The molecule has 2 bridgehead atoms. The molecule has 8 heteroatoms. The lowest BCUT2D eigenvalue weighted by Crippen LogP contribution is -2.49. The van der Waals surface area contributed by atoms with E-state index in [1.54, 1.807) is 29.0 Å². The molecule has 1 fully saturated rings. The van der Waals surface area contributed by atoms with Gasteiger partial charge in [0.15, 0.2) is 0 Å². The van der Waals surface area contributed by atoms with Crippen LogP contribution in [0.5, 0.6) is 0 Å². The highest BCUT2D eigenvalue weighted by Gasteiger charge is 2.37. The fourth-order valence-corrected chi connectivity index (χ4v) is 4.51. The second-order valence-electron chi connectivity index (χ2n) is 7.29. The van der Waals surface area contributed by atoms with Gasteiger partial charge in [0.25, 0.3) is 11.5 Å². The first-order valence-corrected chi connectivity index (χ1v) is 10.7. The highest BCUT2D eigenvalue weighted by Crippen LogP contribution is 2.35. The Hall–Kier alpha value is -2.61. The maximum Gasteiger partial charge on any atom is 0.274 e. The first kappa shape index (κ1) is 18.7. The predicted molar refractivity (Wildman–Crippen MR) is 109 cm³/mol. The van der Waals surface area contributed by atoms with E-state index in [-0.39, 0.29) is 29.2 Å². The van der Waals surface area contributed by atoms with Gasteiger partial charge in [-0.25, -0.2) is 0 Å². The fourth-order valence-electron chi connectivity index (χ4n) is 4.18. The molecule has 7 nitrogen and oxygen atoms in total. The minimum Gasteiger partial charge on any atom is -0.336 e. The average molecular weight is 398 g/mol. The number of nitrogens with one attached hydrogen (secondary N) is 1. The standard InChI is InChI=1S/C20H22N4O3S/c1-28-12-18(25)22-16-5-6-17-14-8-13(10-24(17)20(16)27)9-23(11-14)19(26)15-4-2-3-7-21-15/h2-7,13-14H,8-12H2,1H3,(H,22,25)/t13-,14+/m0/s1. The van der Waals surface area contributed by atoms with Crippen LogP contribution in [0.2, 0.25) is 0 Å². The number of thioether (sulfide) groups is 1. The molecule has 2 amide bonds. The van der Waals surface area contributed by atoms with Crippen molar-refractivity contribution in [1.82, 2.24) is 14.5 Å². The summed E-state index contributed by atoms with van der Waals surface area (Å²) in [5, 5.41) is 2.71. The van der Waals surface area contributed by atoms with E-state index >= 15 is 0 Å². The third kappa shape index (κ3) is 3.56. The summed E-state index contributed by atoms with van der Waals surface area (Å²) >= 11 is 1.41. The summed E-state index contributed by atoms with van der Waals surface area (Å²) < 4.78 is 1.77. The van der Waals surface area contributed by atoms with Crippen LogP contribution in [0.3, 0.4) is 0 Å². The summed E-state index contributed by atoms with van der Waals surface area (Å²) in [5.41, 5.74) is 1.55. The van der Waals surface area contributed by atoms with Gasteiger partial charge >= 0.3 is 0 Å². The molecule has 2 atom stereocenters. The second-order valence-corrected chi connectivity index (χ2v) is 8.16. The number of hydrogen-bond donors (Lipinski definition) is 1. The van der Waals surface area contributed by atoms with Crippen LogP contribution in [0.25, 0.3) is 0 Å². The molecule has 2 aliphatic heterocycles. The molecule has 4 rings (SSSR count). The van der Waals surface area contributed by atoms with Gasteiger partial charge in [0, 0.05) is 37.4 Å². The van der Waals surface area contributed by atoms with Crippen LogP contribution in [-0.2, 0) is 11.3 Å². The van der Waals surface area contributed by atoms with Gasteiger partial charge in [0.2, 0.25) is 5.91 Å². The van der Waals surface area contributed by atoms with Crippen molar-refractivity contribution in [2.75, 3.05) is 30.4 Å². The third-order valence-electron chi connectivity index (χ3n) is 5.32. The monoisotopic (exact) mass is 398 g/mol. The summed E-state index contributed by atoms with van der Waals surface area (Å²) in [6.45, 7) is 1.74. The number of hydrogen-bond acceptors (Lipinski definition) is 5. The Labute approximate surface area is 167 Å². The lowest BCUT2D eigenvalue weighted by molar-refractivity contribution is -0.113. The number of amides is 2. The Morgan fingerprint density at radius 3 is 2.82 bits per heavy atom. The maximum atomic E-state index is 12.9. The van der Waals surface area contributed by atoms with Gasteiger partial charge in [-0.1, -0.05) is 6.07 Å². The molecule has 4 heterocycles. The summed E-state index contributed by atoms with van der Waals surface area (Å²) in [5.74, 6) is 0.412. The quantitative estimate of drug-likeness (QED) is 0.849. The molecule has 1 saturated heterocycles. The zero-order valence-corrected chi connectivity index (χ0v) is 16.4. The molecule has 1 N–H and O–H groups in total. The van der Waals surface area contributed by atoms with E-state index in [1.165, 1.54) is 11.8 Å². The molecular weight excluding hydrogens is 376 g/mol. The zero-order chi connectivity index (χ0) is 19.7. The van der Waals surface area contributed by atoms with Crippen LogP contribution in [0.1, 0.15) is 28.5 Å². The molecule has 0 spiro atoms. The van der Waals surface area contributed by atoms with Crippen molar-refractivity contribution in [3.05, 3.63) is 58.3 Å². The van der Waals surface area contributed by atoms with Crippen LogP contribution in [0.4, 0.5) is 5.69 Å². The summed E-state index contributed by atoms with van der Waals surface area (Å²) in [6, 6.07) is 8.93. The van der Waals surface area contributed by atoms with Crippen molar-refractivity contribution >= 4 is 29.3 Å². The Kier molecular flexibility index (Phi) is 5.21. The van der Waals surface area contributed by atoms with Crippen LogP contribution in [0.15, 0.2) is 41.3 Å². The van der Waals surface area contributed by atoms with Crippen molar-refractivity contribution in [2.24, 2.45) is 5.92 Å². The predicted octanol–water partition coefficient (Wildman–Crippen LogP) is 1.80. The van der Waals surface area contributed by atoms with Crippen molar-refractivity contribution in [3.8, 4) is 0 Å². The van der Waals surface area contributed by atoms with Gasteiger partial charge < -0.3 is 14.8 Å². The van der Waals surface area contributed by atoms with Gasteiger partial charge in [-0.3, -0.25) is 19.4 Å². The molecular formula is C20H22N4O3S. The minimum atomic E-state index is -0.173. The molecule has 146 valence electrons. The average Bonchev–Trinajstić information content (AvgIpc) is 2.70. The highest BCUT2D eigenvalue weighted by molar-refractivity contribution is 7.99. The summed E-state index contributed by atoms with van der Waals surface area (Å²) in [6.07, 6.45) is 4.43. The van der Waals surface area contributed by atoms with E-state index in [1.807, 2.05) is 23.3 Å². The highest BCUT2D eigenvalue weighted by atomic mass is 32.2. The largest absolute Gasteiger partial charge is 0.336 e. The summed E-state index contributed by atoms with van der Waals surface area (Å²) in [7, 11) is 0. The zero-order valence-electron chi connectivity index (χ0n) is 15.6. The molecule has 2 aromatic heterocycles. The maximum absolute atomic E-state index is 12.9. The molecule has 0 saturated carbocycles. The van der Waals surface area contributed by atoms with E-state index in [0.29, 0.717) is 36.8 Å². The lowest BCUT2D eigenvalue weighted by atomic mass is 9.83. The first-order valence-electron chi connectivity index (χ1n) is 9.29. The number of nitrogens with zero attached hydrogens (tertiary/aromatic N) is 3. The Morgan fingerprint density at radius 2 is 2.07 bits per heavy atom. The van der Waals surface area contributed by atoms with E-state index < -0.39 is 0 Å². The number of fused-ring (bicyclic) bond motifs is 4. The van der Waals surface area contributed by atoms with E-state index in [2.05, 4.69) is 10.3 Å². The number of piperidine rings is 1. The van der Waals surface area contributed by atoms with Crippen LogP contribution >= 0.6 is 11.8 Å². The molecule has 0 aliphatic carbocycles. The van der Waals surface area contributed by atoms with Crippen molar-refractivity contribution in [1.29, 1.82) is 0 Å². The lowest BCUT2D eigenvalue weighted by Gasteiger charge is -2.42. The van der Waals surface area contributed by atoms with Crippen LogP contribution in [-0.4, -0.2) is 51.4 Å². The molecule has 0 aromatic carbocycles. The number of pyridine rings is 2. The Balaban J connectivity index is 1.57. The number of aromatic nitrogens is 2. The SMILES string of the molecule is CSCC(=O)Nc1ccc2n(c1=O)C[C@H]1C[C@@H]2CN(C(=O)c2ccccn2)C1. The normalized spacial score (nSPS) is 20.4. The Bertz CT molecular complexity index is 960. The number of likely N-dealkylation sites (tertiary alicyclic amines) is 1. The molecule has 28 heavy (non-hydrogen) atoms. The van der Waals surface area contributed by atoms with E-state index in [0.717, 1.165) is 12.1 Å². The van der Waals surface area contributed by atoms with Crippen LogP contribution in [0, 0.1) is 5.92 Å². The van der Waals surface area contributed by atoms with Crippen LogP contribution < -0.4 is 10.9 Å². The van der Waals surface area contributed by atoms with E-state index in [4.69, 9.17) is 0 Å². The minimum absolute atomic E-state index is 0.0629. The van der Waals surface area contributed by atoms with E-state index in [9.17, 15) is 14.4 Å². The molecule has 0 unspecified atom stereocenters. The second kappa shape index (κ2) is 7.79. The summed E-state index contributed by atoms with van der Waals surface area (Å²) in [4.78, 5) is 43.5.